The molecule has 0 radical (unpaired) electrons. The number of esters is 1. The monoisotopic (exact) mass is 401 g/mol. The van der Waals surface area contributed by atoms with E-state index in [2.05, 4.69) is 17.0 Å². The van der Waals surface area contributed by atoms with Crippen molar-refractivity contribution in [1.82, 2.24) is 4.90 Å². The highest BCUT2D eigenvalue weighted by Gasteiger charge is 2.52. The summed E-state index contributed by atoms with van der Waals surface area (Å²) in [6.45, 7) is 7.93. The number of benzene rings is 1. The summed E-state index contributed by atoms with van der Waals surface area (Å²) in [5, 5.41) is 10.2. The largest absolute Gasteiger partial charge is 0.493 e. The van der Waals surface area contributed by atoms with Crippen LogP contribution >= 0.6 is 0 Å². The van der Waals surface area contributed by atoms with Gasteiger partial charge >= 0.3 is 5.97 Å². The van der Waals surface area contributed by atoms with Gasteiger partial charge in [0.2, 0.25) is 0 Å². The second-order valence-electron chi connectivity index (χ2n) is 9.30. The molecule has 2 aliphatic heterocycles. The summed E-state index contributed by atoms with van der Waals surface area (Å²) in [7, 11) is 1.66. The maximum atomic E-state index is 12.2. The van der Waals surface area contributed by atoms with E-state index in [9.17, 15) is 9.90 Å². The van der Waals surface area contributed by atoms with E-state index < -0.39 is 11.7 Å². The van der Waals surface area contributed by atoms with Crippen molar-refractivity contribution in [3.05, 3.63) is 35.4 Å². The number of rotatable bonds is 4. The Labute approximate surface area is 172 Å². The SMILES string of the molecule is COc1ccc2c3c1O[C@H]1C[C@@H](O)C=C[C@@]31CCN(CCC(=O)OC(C)(C)C)C2. The maximum absolute atomic E-state index is 12.2. The lowest BCUT2D eigenvalue weighted by Gasteiger charge is -2.35. The molecule has 1 aliphatic carbocycles. The third-order valence-corrected chi connectivity index (χ3v) is 6.09. The van der Waals surface area contributed by atoms with Crippen molar-refractivity contribution in [3.8, 4) is 11.5 Å². The lowest BCUT2D eigenvalue weighted by atomic mass is 9.69. The number of ether oxygens (including phenoxy) is 3. The molecule has 0 amide bonds. The molecule has 6 heteroatoms. The van der Waals surface area contributed by atoms with E-state index in [-0.39, 0.29) is 17.5 Å². The Bertz CT molecular complexity index is 827. The molecule has 1 N–H and O–H groups in total. The van der Waals surface area contributed by atoms with Crippen LogP contribution in [0.1, 0.15) is 51.2 Å². The number of hydrogen-bond acceptors (Lipinski definition) is 6. The molecule has 4 rings (SSSR count). The lowest BCUT2D eigenvalue weighted by molar-refractivity contribution is -0.155. The van der Waals surface area contributed by atoms with E-state index in [1.54, 1.807) is 7.11 Å². The van der Waals surface area contributed by atoms with Crippen LogP contribution in [0.5, 0.6) is 11.5 Å². The smallest absolute Gasteiger partial charge is 0.307 e. The molecule has 0 aromatic heterocycles. The first kappa shape index (κ1) is 20.2. The number of nitrogens with zero attached hydrogens (tertiary/aromatic N) is 1. The van der Waals surface area contributed by atoms with Gasteiger partial charge in [0.25, 0.3) is 0 Å². The third kappa shape index (κ3) is 3.76. The lowest BCUT2D eigenvalue weighted by Crippen LogP contribution is -2.43. The van der Waals surface area contributed by atoms with E-state index in [1.807, 2.05) is 32.9 Å². The molecule has 0 bridgehead atoms. The summed E-state index contributed by atoms with van der Waals surface area (Å²) in [6, 6.07) is 4.06. The second-order valence-corrected chi connectivity index (χ2v) is 9.30. The van der Waals surface area contributed by atoms with Gasteiger partial charge in [0.1, 0.15) is 11.7 Å². The Hall–Kier alpha value is -2.05. The molecule has 158 valence electrons. The first-order valence-electron chi connectivity index (χ1n) is 10.4. The van der Waals surface area contributed by atoms with Gasteiger partial charge in [-0.3, -0.25) is 9.69 Å². The summed E-state index contributed by atoms with van der Waals surface area (Å²) in [5.74, 6) is 1.38. The number of hydrogen-bond donors (Lipinski definition) is 1. The highest BCUT2D eigenvalue weighted by atomic mass is 16.6. The quantitative estimate of drug-likeness (QED) is 0.618. The molecule has 3 atom stereocenters. The van der Waals surface area contributed by atoms with Gasteiger partial charge in [0.05, 0.1) is 25.0 Å². The van der Waals surface area contributed by atoms with Gasteiger partial charge in [-0.05, 0) is 45.4 Å². The maximum Gasteiger partial charge on any atom is 0.307 e. The van der Waals surface area contributed by atoms with Gasteiger partial charge in [-0.2, -0.15) is 0 Å². The molecular weight excluding hydrogens is 370 g/mol. The van der Waals surface area contributed by atoms with E-state index in [0.29, 0.717) is 19.4 Å². The Kier molecular flexibility index (Phi) is 5.11. The van der Waals surface area contributed by atoms with Crippen LogP contribution in [0.2, 0.25) is 0 Å². The fraction of sp³-hybridized carbons (Fsp3) is 0.609. The fourth-order valence-corrected chi connectivity index (χ4v) is 4.83. The van der Waals surface area contributed by atoms with Crippen LogP contribution in [0.25, 0.3) is 0 Å². The van der Waals surface area contributed by atoms with Gasteiger partial charge in [0, 0.05) is 25.1 Å². The van der Waals surface area contributed by atoms with Crippen LogP contribution in [0, 0.1) is 0 Å². The molecule has 1 aromatic carbocycles. The van der Waals surface area contributed by atoms with E-state index in [1.165, 1.54) is 11.1 Å². The van der Waals surface area contributed by atoms with Crippen LogP contribution < -0.4 is 9.47 Å². The zero-order chi connectivity index (χ0) is 20.8. The summed E-state index contributed by atoms with van der Waals surface area (Å²) in [6.07, 6.45) is 5.27. The minimum atomic E-state index is -0.485. The summed E-state index contributed by atoms with van der Waals surface area (Å²) < 4.78 is 17.4. The fourth-order valence-electron chi connectivity index (χ4n) is 4.83. The molecule has 1 aromatic rings. The van der Waals surface area contributed by atoms with Gasteiger partial charge in [-0.15, -0.1) is 0 Å². The molecule has 6 nitrogen and oxygen atoms in total. The van der Waals surface area contributed by atoms with Crippen molar-refractivity contribution in [1.29, 1.82) is 0 Å². The van der Waals surface area contributed by atoms with E-state index in [0.717, 1.165) is 31.0 Å². The summed E-state index contributed by atoms with van der Waals surface area (Å²) >= 11 is 0. The Morgan fingerprint density at radius 3 is 2.90 bits per heavy atom. The predicted molar refractivity (Wildman–Crippen MR) is 109 cm³/mol. The van der Waals surface area contributed by atoms with Crippen LogP contribution in [0.3, 0.4) is 0 Å². The van der Waals surface area contributed by atoms with Crippen LogP contribution in [-0.2, 0) is 21.5 Å². The first-order chi connectivity index (χ1) is 13.7. The van der Waals surface area contributed by atoms with Gasteiger partial charge < -0.3 is 19.3 Å². The minimum absolute atomic E-state index is 0.0987. The van der Waals surface area contributed by atoms with E-state index in [4.69, 9.17) is 14.2 Å². The molecule has 2 heterocycles. The number of methoxy groups -OCH3 is 1. The zero-order valence-electron chi connectivity index (χ0n) is 17.7. The van der Waals surface area contributed by atoms with Crippen molar-refractivity contribution in [2.45, 2.75) is 69.8 Å². The van der Waals surface area contributed by atoms with E-state index >= 15 is 0 Å². The van der Waals surface area contributed by atoms with Gasteiger partial charge in [-0.1, -0.05) is 18.2 Å². The average molecular weight is 402 g/mol. The highest BCUT2D eigenvalue weighted by Crippen LogP contribution is 2.55. The average Bonchev–Trinajstić information content (AvgIpc) is 2.88. The third-order valence-electron chi connectivity index (χ3n) is 6.09. The van der Waals surface area contributed by atoms with Crippen molar-refractivity contribution in [3.63, 3.8) is 0 Å². The van der Waals surface area contributed by atoms with Crippen LogP contribution in [0.4, 0.5) is 0 Å². The number of carbonyl (C=O) groups is 1. The number of aliphatic hydroxyl groups is 1. The molecule has 0 fully saturated rings. The molecule has 0 saturated carbocycles. The van der Waals surface area contributed by atoms with Gasteiger partial charge in [-0.25, -0.2) is 0 Å². The topological polar surface area (TPSA) is 68.2 Å². The number of aliphatic hydroxyl groups excluding tert-OH is 1. The standard InChI is InChI=1S/C23H31NO5/c1-22(2,3)29-19(26)8-11-24-12-10-23-9-7-16(25)13-18(23)28-21-17(27-4)6-5-15(14-24)20(21)23/h5-7,9,16,18,25H,8,10-14H2,1-4H3/t16-,18-,23-/m0/s1. The zero-order valence-corrected chi connectivity index (χ0v) is 17.7. The molecule has 29 heavy (non-hydrogen) atoms. The highest BCUT2D eigenvalue weighted by molar-refractivity contribution is 5.70. The molecule has 0 saturated heterocycles. The molecule has 0 unspecified atom stereocenters. The number of carbonyl (C=O) groups excluding carboxylic acids is 1. The van der Waals surface area contributed by atoms with Crippen molar-refractivity contribution in [2.75, 3.05) is 20.2 Å². The predicted octanol–water partition coefficient (Wildman–Crippen LogP) is 2.95. The minimum Gasteiger partial charge on any atom is -0.493 e. The van der Waals surface area contributed by atoms with Crippen molar-refractivity contribution in [2.24, 2.45) is 0 Å². The first-order valence-corrected chi connectivity index (χ1v) is 10.4. The Balaban J connectivity index is 1.60. The van der Waals surface area contributed by atoms with Crippen LogP contribution in [-0.4, -0.2) is 54.0 Å². The second kappa shape index (κ2) is 7.33. The van der Waals surface area contributed by atoms with Crippen molar-refractivity contribution < 1.29 is 24.1 Å². The molecule has 1 spiro atoms. The van der Waals surface area contributed by atoms with Crippen LogP contribution in [0.15, 0.2) is 24.3 Å². The van der Waals surface area contributed by atoms with Crippen molar-refractivity contribution >= 4 is 5.97 Å². The molecular formula is C23H31NO5. The Morgan fingerprint density at radius 2 is 2.17 bits per heavy atom. The normalized spacial score (nSPS) is 28.2. The van der Waals surface area contributed by atoms with Gasteiger partial charge in [0.15, 0.2) is 11.5 Å². The summed E-state index contributed by atoms with van der Waals surface area (Å²) in [5.41, 5.74) is 1.67. The Morgan fingerprint density at radius 1 is 1.38 bits per heavy atom. The summed E-state index contributed by atoms with van der Waals surface area (Å²) in [4.78, 5) is 14.5. The molecule has 3 aliphatic rings.